The zero-order valence-corrected chi connectivity index (χ0v) is 19.3. The highest BCUT2D eigenvalue weighted by Gasteiger charge is 2.44. The molecule has 1 aliphatic rings. The molecule has 2 aromatic heterocycles. The molecule has 1 saturated heterocycles. The molecule has 0 spiro atoms. The van der Waals surface area contributed by atoms with Crippen LogP contribution in [-0.2, 0) is 11.2 Å². The van der Waals surface area contributed by atoms with Crippen molar-refractivity contribution in [3.63, 3.8) is 0 Å². The van der Waals surface area contributed by atoms with E-state index in [-0.39, 0.29) is 0 Å². The van der Waals surface area contributed by atoms with Crippen LogP contribution in [0, 0.1) is 0 Å². The van der Waals surface area contributed by atoms with Crippen molar-refractivity contribution < 1.29 is 24.8 Å². The second-order valence-corrected chi connectivity index (χ2v) is 8.73. The maximum atomic E-state index is 10.4. The molecule has 0 radical (unpaired) electrons. The molecule has 0 bridgehead atoms. The molecule has 0 unspecified atom stereocenters. The third kappa shape index (κ3) is 5.04. The maximum Gasteiger partial charge on any atom is 0.191 e. The standard InChI is InChI=1S/C21H28N6O5S/c1-3-10-33-21-23-18(22-9-8-12-4-6-13(31-2)7-5-12)15-19(24-21)27(26-25-15)20-17(30)16(29)14(11-28)32-20/h4-7,14,16-17,20,28-30H,3,8-11H2,1-2H3,(H,22,23,24)/t14-,16-,17-,20-/m1/s1. The lowest BCUT2D eigenvalue weighted by atomic mass is 10.1. The molecule has 4 atom stereocenters. The third-order valence-corrected chi connectivity index (χ3v) is 6.41. The van der Waals surface area contributed by atoms with Crippen molar-refractivity contribution in [2.24, 2.45) is 0 Å². The number of aliphatic hydroxyl groups excluding tert-OH is 3. The molecule has 33 heavy (non-hydrogen) atoms. The zero-order valence-electron chi connectivity index (χ0n) is 18.5. The first-order chi connectivity index (χ1) is 16.0. The lowest BCUT2D eigenvalue weighted by molar-refractivity contribution is -0.0575. The average Bonchev–Trinajstić information content (AvgIpc) is 3.38. The van der Waals surface area contributed by atoms with Crippen LogP contribution in [0.2, 0.25) is 0 Å². The Morgan fingerprint density at radius 3 is 2.64 bits per heavy atom. The summed E-state index contributed by atoms with van der Waals surface area (Å²) < 4.78 is 12.2. The molecule has 3 aromatic rings. The molecule has 1 aliphatic heterocycles. The van der Waals surface area contributed by atoms with Crippen LogP contribution in [0.1, 0.15) is 25.1 Å². The average molecular weight is 477 g/mol. The molecule has 12 heteroatoms. The Kier molecular flexibility index (Phi) is 7.60. The van der Waals surface area contributed by atoms with E-state index in [1.54, 1.807) is 7.11 Å². The van der Waals surface area contributed by atoms with E-state index in [0.29, 0.717) is 28.7 Å². The van der Waals surface area contributed by atoms with Gasteiger partial charge >= 0.3 is 0 Å². The van der Waals surface area contributed by atoms with Gasteiger partial charge in [0, 0.05) is 12.3 Å². The first-order valence-electron chi connectivity index (χ1n) is 10.8. The minimum absolute atomic E-state index is 0.380. The Labute approximate surface area is 195 Å². The summed E-state index contributed by atoms with van der Waals surface area (Å²) in [6.07, 6.45) is -2.73. The zero-order chi connectivity index (χ0) is 23.4. The van der Waals surface area contributed by atoms with Crippen molar-refractivity contribution in [2.45, 2.75) is 49.5 Å². The first-order valence-corrected chi connectivity index (χ1v) is 11.8. The second kappa shape index (κ2) is 10.6. The summed E-state index contributed by atoms with van der Waals surface area (Å²) in [7, 11) is 1.64. The number of aromatic nitrogens is 5. The van der Waals surface area contributed by atoms with E-state index in [1.807, 2.05) is 24.3 Å². The lowest BCUT2D eigenvalue weighted by Crippen LogP contribution is -2.33. The number of hydrogen-bond donors (Lipinski definition) is 4. The van der Waals surface area contributed by atoms with Gasteiger partial charge in [0.05, 0.1) is 13.7 Å². The Morgan fingerprint density at radius 2 is 1.97 bits per heavy atom. The lowest BCUT2D eigenvalue weighted by Gasteiger charge is -2.15. The highest BCUT2D eigenvalue weighted by Crippen LogP contribution is 2.32. The topological polar surface area (TPSA) is 148 Å². The van der Waals surface area contributed by atoms with E-state index in [9.17, 15) is 15.3 Å². The molecule has 4 rings (SSSR count). The van der Waals surface area contributed by atoms with Gasteiger partial charge in [-0.15, -0.1) is 5.10 Å². The fourth-order valence-corrected chi connectivity index (χ4v) is 4.26. The Balaban J connectivity index is 1.58. The molecule has 0 amide bonds. The number of fused-ring (bicyclic) bond motifs is 1. The number of anilines is 1. The number of thioether (sulfide) groups is 1. The van der Waals surface area contributed by atoms with Gasteiger partial charge < -0.3 is 30.1 Å². The van der Waals surface area contributed by atoms with Gasteiger partial charge in [-0.3, -0.25) is 0 Å². The van der Waals surface area contributed by atoms with E-state index in [4.69, 9.17) is 9.47 Å². The molecule has 178 valence electrons. The molecule has 0 aliphatic carbocycles. The fourth-order valence-electron chi connectivity index (χ4n) is 3.56. The van der Waals surface area contributed by atoms with Gasteiger partial charge in [0.15, 0.2) is 28.4 Å². The van der Waals surface area contributed by atoms with Crippen LogP contribution in [0.5, 0.6) is 5.75 Å². The summed E-state index contributed by atoms with van der Waals surface area (Å²) in [5.74, 6) is 2.18. The molecule has 0 saturated carbocycles. The molecule has 3 heterocycles. The number of methoxy groups -OCH3 is 1. The highest BCUT2D eigenvalue weighted by atomic mass is 32.2. The largest absolute Gasteiger partial charge is 0.497 e. The van der Waals surface area contributed by atoms with Crippen LogP contribution in [-0.4, -0.2) is 84.6 Å². The van der Waals surface area contributed by atoms with Crippen LogP contribution in [0.25, 0.3) is 11.2 Å². The van der Waals surface area contributed by atoms with Gasteiger partial charge in [-0.25, -0.2) is 9.97 Å². The van der Waals surface area contributed by atoms with E-state index in [0.717, 1.165) is 29.9 Å². The second-order valence-electron chi connectivity index (χ2n) is 7.66. The van der Waals surface area contributed by atoms with Gasteiger partial charge in [-0.2, -0.15) is 4.68 Å². The van der Waals surface area contributed by atoms with Gasteiger partial charge in [0.1, 0.15) is 24.1 Å². The number of ether oxygens (including phenoxy) is 2. The number of aliphatic hydroxyl groups is 3. The minimum atomic E-state index is -1.28. The third-order valence-electron chi connectivity index (χ3n) is 5.36. The van der Waals surface area contributed by atoms with Crippen molar-refractivity contribution in [1.29, 1.82) is 0 Å². The van der Waals surface area contributed by atoms with Gasteiger partial charge in [-0.1, -0.05) is 36.0 Å². The maximum absolute atomic E-state index is 10.4. The van der Waals surface area contributed by atoms with Crippen molar-refractivity contribution in [2.75, 3.05) is 31.3 Å². The van der Waals surface area contributed by atoms with Crippen molar-refractivity contribution >= 4 is 28.7 Å². The Morgan fingerprint density at radius 1 is 1.18 bits per heavy atom. The van der Waals surface area contributed by atoms with Crippen LogP contribution in [0.4, 0.5) is 5.82 Å². The van der Waals surface area contributed by atoms with Gasteiger partial charge in [-0.05, 0) is 30.5 Å². The number of nitrogens with zero attached hydrogens (tertiary/aromatic N) is 5. The minimum Gasteiger partial charge on any atom is -0.497 e. The first kappa shape index (κ1) is 23.6. The van der Waals surface area contributed by atoms with E-state index < -0.39 is 31.1 Å². The number of benzene rings is 1. The normalized spacial score (nSPS) is 22.7. The fraction of sp³-hybridized carbons (Fsp3) is 0.524. The number of hydrogen-bond acceptors (Lipinski definition) is 11. The van der Waals surface area contributed by atoms with Crippen LogP contribution < -0.4 is 10.1 Å². The van der Waals surface area contributed by atoms with Crippen molar-refractivity contribution in [3.8, 4) is 5.75 Å². The summed E-state index contributed by atoms with van der Waals surface area (Å²) in [5, 5.41) is 42.2. The smallest absolute Gasteiger partial charge is 0.191 e. The van der Waals surface area contributed by atoms with Crippen LogP contribution in [0.3, 0.4) is 0 Å². The highest BCUT2D eigenvalue weighted by molar-refractivity contribution is 7.99. The summed E-state index contributed by atoms with van der Waals surface area (Å²) >= 11 is 1.51. The summed E-state index contributed by atoms with van der Waals surface area (Å²) in [6.45, 7) is 2.26. The summed E-state index contributed by atoms with van der Waals surface area (Å²) in [6, 6.07) is 7.86. The van der Waals surface area contributed by atoms with Crippen molar-refractivity contribution in [1.82, 2.24) is 25.0 Å². The SMILES string of the molecule is CCCSc1nc(NCCc2ccc(OC)cc2)c2nnn([C@@H]3O[C@H](CO)[C@@H](O)[C@H]3O)c2n1. The summed E-state index contributed by atoms with van der Waals surface area (Å²) in [5.41, 5.74) is 1.96. The molecule has 1 fully saturated rings. The monoisotopic (exact) mass is 476 g/mol. The summed E-state index contributed by atoms with van der Waals surface area (Å²) in [4.78, 5) is 9.19. The number of rotatable bonds is 10. The van der Waals surface area contributed by atoms with E-state index >= 15 is 0 Å². The molecular weight excluding hydrogens is 448 g/mol. The molecular formula is C21H28N6O5S. The van der Waals surface area contributed by atoms with Crippen molar-refractivity contribution in [3.05, 3.63) is 29.8 Å². The van der Waals surface area contributed by atoms with Gasteiger partial charge in [0.25, 0.3) is 0 Å². The quantitative estimate of drug-likeness (QED) is 0.245. The Hall–Kier alpha value is -2.51. The Bertz CT molecular complexity index is 1070. The molecule has 11 nitrogen and oxygen atoms in total. The molecule has 1 aromatic carbocycles. The predicted molar refractivity (Wildman–Crippen MR) is 122 cm³/mol. The van der Waals surface area contributed by atoms with Crippen LogP contribution in [0.15, 0.2) is 29.4 Å². The van der Waals surface area contributed by atoms with E-state index in [1.165, 1.54) is 16.4 Å². The number of nitrogens with one attached hydrogen (secondary N) is 1. The van der Waals surface area contributed by atoms with Crippen LogP contribution >= 0.6 is 11.8 Å². The molecule has 4 N–H and O–H groups in total. The predicted octanol–water partition coefficient (Wildman–Crippen LogP) is 0.998. The van der Waals surface area contributed by atoms with E-state index in [2.05, 4.69) is 32.5 Å². The van der Waals surface area contributed by atoms with Gasteiger partial charge in [0.2, 0.25) is 0 Å².